The lowest BCUT2D eigenvalue weighted by molar-refractivity contribution is 0.0307. The number of benzene rings is 1. The summed E-state index contributed by atoms with van der Waals surface area (Å²) in [6.07, 6.45) is 2.05. The Balaban J connectivity index is 1.90. The third-order valence-electron chi connectivity index (χ3n) is 3.06. The van der Waals surface area contributed by atoms with Crippen molar-refractivity contribution >= 4 is 5.97 Å². The fourth-order valence-corrected chi connectivity index (χ4v) is 1.89. The lowest BCUT2D eigenvalue weighted by atomic mass is 10.3. The molecule has 1 aromatic carbocycles. The minimum absolute atomic E-state index is 0.127. The minimum Gasteiger partial charge on any atom is -0.459 e. The lowest BCUT2D eigenvalue weighted by Gasteiger charge is -2.05. The maximum absolute atomic E-state index is 11.9. The van der Waals surface area contributed by atoms with Crippen molar-refractivity contribution in [1.29, 1.82) is 0 Å². The second-order valence-corrected chi connectivity index (χ2v) is 4.78. The highest BCUT2D eigenvalue weighted by molar-refractivity contribution is 5.87. The molecule has 1 N–H and O–H groups in total. The van der Waals surface area contributed by atoms with Crippen molar-refractivity contribution in [3.63, 3.8) is 0 Å². The number of esters is 1. The number of aromatic amines is 1. The van der Waals surface area contributed by atoms with Crippen LogP contribution in [0.2, 0.25) is 0 Å². The summed E-state index contributed by atoms with van der Waals surface area (Å²) in [7, 11) is 0. The number of nitrogens with one attached hydrogen (secondary N) is 1. The van der Waals surface area contributed by atoms with Crippen molar-refractivity contribution in [3.8, 4) is 5.69 Å². The summed E-state index contributed by atoms with van der Waals surface area (Å²) in [6, 6.07) is 10.3. The number of para-hydroxylation sites is 1. The molecule has 6 nitrogen and oxygen atoms in total. The average molecular weight is 304 g/mol. The number of hydrogen-bond acceptors (Lipinski definition) is 4. The van der Waals surface area contributed by atoms with Gasteiger partial charge in [0, 0.05) is 12.7 Å². The molecular weight excluding hydrogens is 284 g/mol. The lowest BCUT2D eigenvalue weighted by Crippen LogP contribution is -2.13. The zero-order valence-electron chi connectivity index (χ0n) is 12.6. The number of carbonyl (C=O) groups excluding carboxylic acids is 1. The number of aromatic nitrogens is 2. The summed E-state index contributed by atoms with van der Waals surface area (Å²) >= 11 is 0. The Labute approximate surface area is 128 Å². The highest BCUT2D eigenvalue weighted by Crippen LogP contribution is 2.04. The molecular formula is C16H20N2O4. The summed E-state index contributed by atoms with van der Waals surface area (Å²) in [5, 5.41) is 2.75. The molecule has 22 heavy (non-hydrogen) atoms. The molecule has 118 valence electrons. The predicted molar refractivity (Wildman–Crippen MR) is 82.4 cm³/mol. The summed E-state index contributed by atoms with van der Waals surface area (Å²) in [4.78, 5) is 23.8. The van der Waals surface area contributed by atoms with Crippen molar-refractivity contribution in [2.24, 2.45) is 0 Å². The number of nitrogens with zero attached hydrogens (tertiary/aromatic N) is 1. The van der Waals surface area contributed by atoms with Crippen LogP contribution in [0, 0.1) is 0 Å². The molecule has 2 rings (SSSR count). The van der Waals surface area contributed by atoms with Crippen LogP contribution >= 0.6 is 0 Å². The number of hydrogen-bond donors (Lipinski definition) is 1. The van der Waals surface area contributed by atoms with Crippen LogP contribution < -0.4 is 5.56 Å². The topological polar surface area (TPSA) is 73.3 Å². The van der Waals surface area contributed by atoms with Gasteiger partial charge in [0.2, 0.25) is 0 Å². The molecule has 1 aromatic heterocycles. The van der Waals surface area contributed by atoms with Crippen molar-refractivity contribution in [3.05, 3.63) is 52.4 Å². The summed E-state index contributed by atoms with van der Waals surface area (Å²) in [6.45, 7) is 3.27. The van der Waals surface area contributed by atoms with Crippen LogP contribution in [0.25, 0.3) is 5.69 Å². The predicted octanol–water partition coefficient (Wildman–Crippen LogP) is 2.14. The first-order chi connectivity index (χ1) is 10.7. The first-order valence-corrected chi connectivity index (χ1v) is 7.34. The third kappa shape index (κ3) is 4.33. The molecule has 0 bridgehead atoms. The molecule has 0 aliphatic rings. The monoisotopic (exact) mass is 304 g/mol. The van der Waals surface area contributed by atoms with Gasteiger partial charge in [0.15, 0.2) is 0 Å². The number of H-pyrrole nitrogens is 1. The molecule has 1 heterocycles. The van der Waals surface area contributed by atoms with E-state index in [0.29, 0.717) is 18.9 Å². The Hall–Kier alpha value is -2.34. The van der Waals surface area contributed by atoms with Crippen molar-refractivity contribution in [2.45, 2.75) is 19.8 Å². The van der Waals surface area contributed by atoms with Crippen LogP contribution in [0.15, 0.2) is 41.2 Å². The molecule has 0 atom stereocenters. The van der Waals surface area contributed by atoms with Crippen molar-refractivity contribution in [1.82, 2.24) is 9.78 Å². The van der Waals surface area contributed by atoms with Gasteiger partial charge in [0.25, 0.3) is 5.56 Å². The van der Waals surface area contributed by atoms with E-state index >= 15 is 0 Å². The van der Waals surface area contributed by atoms with E-state index < -0.39 is 5.97 Å². The van der Waals surface area contributed by atoms with Gasteiger partial charge in [-0.2, -0.15) is 0 Å². The maximum atomic E-state index is 11.9. The van der Waals surface area contributed by atoms with E-state index in [1.165, 1.54) is 10.7 Å². The Kier molecular flexibility index (Phi) is 5.97. The Morgan fingerprint density at radius 1 is 1.18 bits per heavy atom. The highest BCUT2D eigenvalue weighted by atomic mass is 16.6. The van der Waals surface area contributed by atoms with Gasteiger partial charge in [-0.3, -0.25) is 9.89 Å². The van der Waals surface area contributed by atoms with Gasteiger partial charge in [-0.15, -0.1) is 0 Å². The summed E-state index contributed by atoms with van der Waals surface area (Å²) in [5.74, 6) is -0.564. The minimum atomic E-state index is -0.564. The first kappa shape index (κ1) is 16.0. The second kappa shape index (κ2) is 8.19. The largest absolute Gasteiger partial charge is 0.459 e. The third-order valence-corrected chi connectivity index (χ3v) is 3.06. The molecule has 0 saturated heterocycles. The van der Waals surface area contributed by atoms with Gasteiger partial charge < -0.3 is 9.47 Å². The van der Waals surface area contributed by atoms with Gasteiger partial charge in [0.1, 0.15) is 12.3 Å². The molecule has 0 unspecified atom stereocenters. The van der Waals surface area contributed by atoms with Crippen LogP contribution in [-0.4, -0.2) is 35.6 Å². The summed E-state index contributed by atoms with van der Waals surface area (Å²) in [5.41, 5.74) is 0.481. The quantitative estimate of drug-likeness (QED) is 0.599. The molecule has 0 amide bonds. The fourth-order valence-electron chi connectivity index (χ4n) is 1.89. The average Bonchev–Trinajstić information content (AvgIpc) is 2.93. The maximum Gasteiger partial charge on any atom is 0.356 e. The van der Waals surface area contributed by atoms with Gasteiger partial charge in [0.05, 0.1) is 12.3 Å². The molecule has 0 saturated carbocycles. The first-order valence-electron chi connectivity index (χ1n) is 7.34. The van der Waals surface area contributed by atoms with Crippen molar-refractivity contribution in [2.75, 3.05) is 19.8 Å². The van der Waals surface area contributed by atoms with E-state index in [-0.39, 0.29) is 17.9 Å². The van der Waals surface area contributed by atoms with Gasteiger partial charge in [-0.25, -0.2) is 9.48 Å². The normalized spacial score (nSPS) is 10.6. The smallest absolute Gasteiger partial charge is 0.356 e. The van der Waals surface area contributed by atoms with Crippen LogP contribution in [0.1, 0.15) is 30.3 Å². The molecule has 6 heteroatoms. The Bertz CT molecular complexity index is 646. The zero-order chi connectivity index (χ0) is 15.8. The molecule has 0 radical (unpaired) electrons. The van der Waals surface area contributed by atoms with Crippen LogP contribution in [-0.2, 0) is 9.47 Å². The van der Waals surface area contributed by atoms with Crippen LogP contribution in [0.3, 0.4) is 0 Å². The van der Waals surface area contributed by atoms with E-state index in [2.05, 4.69) is 12.0 Å². The van der Waals surface area contributed by atoms with Gasteiger partial charge in [-0.05, 0) is 18.6 Å². The van der Waals surface area contributed by atoms with E-state index in [9.17, 15) is 9.59 Å². The number of rotatable bonds is 8. The number of carbonyl (C=O) groups is 1. The Morgan fingerprint density at radius 3 is 2.68 bits per heavy atom. The van der Waals surface area contributed by atoms with E-state index in [1.807, 2.05) is 18.2 Å². The standard InChI is InChI=1S/C16H20N2O4/c1-2-3-9-21-10-11-22-16(20)14-12-15(19)18(17-14)13-7-5-4-6-8-13/h4-8,12,17H,2-3,9-11H2,1H3. The number of ether oxygens (including phenoxy) is 2. The molecule has 2 aromatic rings. The van der Waals surface area contributed by atoms with Crippen molar-refractivity contribution < 1.29 is 14.3 Å². The van der Waals surface area contributed by atoms with E-state index in [4.69, 9.17) is 9.47 Å². The SMILES string of the molecule is CCCCOCCOC(=O)c1cc(=O)n(-c2ccccc2)[nH]1. The fraction of sp³-hybridized carbons (Fsp3) is 0.375. The van der Waals surface area contributed by atoms with E-state index in [1.54, 1.807) is 12.1 Å². The van der Waals surface area contributed by atoms with Gasteiger partial charge in [-0.1, -0.05) is 31.5 Å². The Morgan fingerprint density at radius 2 is 1.95 bits per heavy atom. The van der Waals surface area contributed by atoms with Crippen LogP contribution in [0.4, 0.5) is 0 Å². The molecule has 0 fully saturated rings. The second-order valence-electron chi connectivity index (χ2n) is 4.78. The summed E-state index contributed by atoms with van der Waals surface area (Å²) < 4.78 is 11.7. The highest BCUT2D eigenvalue weighted by Gasteiger charge is 2.13. The molecule has 0 spiro atoms. The number of unbranched alkanes of at least 4 members (excludes halogenated alkanes) is 1. The zero-order valence-corrected chi connectivity index (χ0v) is 12.6. The molecule has 0 aliphatic heterocycles. The molecule has 0 aliphatic carbocycles. The van der Waals surface area contributed by atoms with E-state index in [0.717, 1.165) is 12.8 Å². The van der Waals surface area contributed by atoms with Crippen LogP contribution in [0.5, 0.6) is 0 Å². The van der Waals surface area contributed by atoms with Gasteiger partial charge >= 0.3 is 5.97 Å².